The topological polar surface area (TPSA) is 29.5 Å². The van der Waals surface area contributed by atoms with Crippen LogP contribution in [0.3, 0.4) is 0 Å². The highest BCUT2D eigenvalue weighted by Gasteiger charge is 2.72. The fourth-order valence-corrected chi connectivity index (χ4v) is 11.4. The maximum atomic E-state index is 10.8. The van der Waals surface area contributed by atoms with Crippen molar-refractivity contribution in [3.63, 3.8) is 0 Å². The summed E-state index contributed by atoms with van der Waals surface area (Å²) in [6, 6.07) is 0. The minimum Gasteiger partial charge on any atom is -0.390 e. The summed E-state index contributed by atoms with van der Waals surface area (Å²) in [7, 11) is -1.13. The molecular weight excluding hydrogens is 353 g/mol. The Hall–Kier alpha value is 0.430. The highest BCUT2D eigenvalue weighted by Crippen LogP contribution is 2.72. The molecule has 0 aromatic heterocycles. The molecule has 1 N–H and O–H groups in total. The van der Waals surface area contributed by atoms with Crippen LogP contribution in [-0.2, 0) is 4.52 Å². The largest absolute Gasteiger partial charge is 0.390 e. The molecule has 9 atom stereocenters. The van der Waals surface area contributed by atoms with Crippen LogP contribution in [0.15, 0.2) is 0 Å². The lowest BCUT2D eigenvalue weighted by Gasteiger charge is -2.33. The molecular formula is C19H36O2P3+3. The Kier molecular flexibility index (Phi) is 6.55. The molecule has 24 heavy (non-hydrogen) atoms. The maximum absolute atomic E-state index is 10.8. The van der Waals surface area contributed by atoms with Gasteiger partial charge in [-0.05, 0) is 44.9 Å². The third-order valence-corrected chi connectivity index (χ3v) is 14.2. The van der Waals surface area contributed by atoms with E-state index >= 15 is 0 Å². The fourth-order valence-electron chi connectivity index (χ4n) is 4.45. The van der Waals surface area contributed by atoms with Crippen molar-refractivity contribution in [1.29, 1.82) is 0 Å². The van der Waals surface area contributed by atoms with Gasteiger partial charge in [0.25, 0.3) is 0 Å². The van der Waals surface area contributed by atoms with Crippen molar-refractivity contribution >= 4 is 41.8 Å². The highest BCUT2D eigenvalue weighted by molar-refractivity contribution is 7.73. The molecule has 2 aliphatic carbocycles. The zero-order valence-electron chi connectivity index (χ0n) is 16.2. The van der Waals surface area contributed by atoms with Gasteiger partial charge >= 0.3 is 13.2 Å². The van der Waals surface area contributed by atoms with E-state index in [0.29, 0.717) is 23.2 Å². The van der Waals surface area contributed by atoms with Crippen LogP contribution >= 0.6 is 22.9 Å². The molecule has 0 amide bonds. The van der Waals surface area contributed by atoms with E-state index in [1.807, 2.05) is 6.92 Å². The molecule has 2 saturated carbocycles. The summed E-state index contributed by atoms with van der Waals surface area (Å²) >= 11 is 0. The average Bonchev–Trinajstić information content (AvgIpc) is 3.27. The van der Waals surface area contributed by atoms with Gasteiger partial charge in [0, 0.05) is 5.41 Å². The minimum atomic E-state index is -0.702. The van der Waals surface area contributed by atoms with E-state index in [9.17, 15) is 5.11 Å². The summed E-state index contributed by atoms with van der Waals surface area (Å²) in [6.07, 6.45) is 17.9. The van der Waals surface area contributed by atoms with Crippen LogP contribution in [0, 0.1) is 23.2 Å². The standard InChI is InChI=1S/C19H36O2P3/c1-9-22(6)12-17(23(7)10-2)24(8)21-13-19-11-16(19)14(3)18(5,20)15(19)4/h14-17,20H,6-13H2,1-5H3/q+3/t14-,15+,16?,17?,18+,19-/m1/s1. The summed E-state index contributed by atoms with van der Waals surface area (Å²) in [5, 5.41) is 11.3. The molecule has 0 aliphatic heterocycles. The zero-order chi connectivity index (χ0) is 18.3. The van der Waals surface area contributed by atoms with Crippen molar-refractivity contribution < 1.29 is 9.63 Å². The normalized spacial score (nSPS) is 40.8. The molecule has 0 spiro atoms. The zero-order valence-corrected chi connectivity index (χ0v) is 18.8. The number of hydrogen-bond donors (Lipinski definition) is 1. The van der Waals surface area contributed by atoms with Crippen LogP contribution in [0.4, 0.5) is 0 Å². The van der Waals surface area contributed by atoms with E-state index in [1.54, 1.807) is 0 Å². The first-order chi connectivity index (χ1) is 11.1. The molecule has 136 valence electrons. The van der Waals surface area contributed by atoms with E-state index in [0.717, 1.165) is 18.9 Å². The molecule has 2 aliphatic rings. The maximum Gasteiger partial charge on any atom is 0.329 e. The molecule has 5 heteroatoms. The monoisotopic (exact) mass is 389 g/mol. The van der Waals surface area contributed by atoms with Crippen LogP contribution in [0.5, 0.6) is 0 Å². The number of hydrogen-bond acceptors (Lipinski definition) is 2. The van der Waals surface area contributed by atoms with Gasteiger partial charge in [-0.2, -0.15) is 4.52 Å². The minimum absolute atomic E-state index is 0.161. The predicted molar refractivity (Wildman–Crippen MR) is 117 cm³/mol. The van der Waals surface area contributed by atoms with Gasteiger partial charge in [0.05, 0.1) is 25.7 Å². The van der Waals surface area contributed by atoms with Crippen molar-refractivity contribution in [2.75, 3.05) is 25.1 Å². The summed E-state index contributed by atoms with van der Waals surface area (Å²) in [5.74, 6) is 1.30. The van der Waals surface area contributed by atoms with Crippen LogP contribution in [0.1, 0.15) is 41.0 Å². The Morgan fingerprint density at radius 1 is 1.21 bits per heavy atom. The van der Waals surface area contributed by atoms with Crippen LogP contribution < -0.4 is 0 Å². The van der Waals surface area contributed by atoms with Crippen molar-refractivity contribution in [2.45, 2.75) is 52.0 Å². The van der Waals surface area contributed by atoms with Crippen molar-refractivity contribution in [1.82, 2.24) is 0 Å². The lowest BCUT2D eigenvalue weighted by atomic mass is 9.80. The highest BCUT2D eigenvalue weighted by atomic mass is 31.2. The second-order valence-electron chi connectivity index (χ2n) is 8.03. The first kappa shape index (κ1) is 20.7. The summed E-state index contributed by atoms with van der Waals surface area (Å²) in [6.45, 7) is 11.7. The molecule has 2 rings (SSSR count). The van der Waals surface area contributed by atoms with Gasteiger partial charge in [0.1, 0.15) is 32.8 Å². The second kappa shape index (κ2) is 7.58. The van der Waals surface area contributed by atoms with Gasteiger partial charge in [-0.25, -0.2) is 0 Å². The van der Waals surface area contributed by atoms with Gasteiger partial charge < -0.3 is 5.11 Å². The summed E-state index contributed by atoms with van der Waals surface area (Å²) in [4.78, 5) is 0. The van der Waals surface area contributed by atoms with Gasteiger partial charge in [0.15, 0.2) is 6.16 Å². The van der Waals surface area contributed by atoms with Crippen LogP contribution in [0.2, 0.25) is 0 Å². The van der Waals surface area contributed by atoms with Gasteiger partial charge in [-0.1, -0.05) is 13.8 Å². The lowest BCUT2D eigenvalue weighted by Crippen LogP contribution is -2.39. The molecule has 2 nitrogen and oxygen atoms in total. The van der Waals surface area contributed by atoms with E-state index in [2.05, 4.69) is 46.6 Å². The van der Waals surface area contributed by atoms with Gasteiger partial charge in [-0.3, -0.25) is 0 Å². The second-order valence-corrected chi connectivity index (χ2v) is 14.9. The fraction of sp³-hybridized carbons (Fsp3) is 0.842. The molecule has 0 bridgehead atoms. The molecule has 0 aromatic rings. The average molecular weight is 389 g/mol. The number of fused-ring (bicyclic) bond motifs is 1. The summed E-state index contributed by atoms with van der Waals surface area (Å²) in [5.41, 5.74) is -0.357. The Morgan fingerprint density at radius 3 is 2.29 bits per heavy atom. The van der Waals surface area contributed by atoms with Gasteiger partial charge in [0.2, 0.25) is 0 Å². The van der Waals surface area contributed by atoms with Crippen LogP contribution in [0.25, 0.3) is 0 Å². The van der Waals surface area contributed by atoms with Crippen molar-refractivity contribution in [3.8, 4) is 0 Å². The van der Waals surface area contributed by atoms with E-state index in [4.69, 9.17) is 4.52 Å². The summed E-state index contributed by atoms with van der Waals surface area (Å²) < 4.78 is 6.41. The van der Waals surface area contributed by atoms with Gasteiger partial charge in [-0.15, -0.1) is 0 Å². The molecule has 2 fully saturated rings. The first-order valence-electron chi connectivity index (χ1n) is 9.19. The first-order valence-corrected chi connectivity index (χ1v) is 14.4. The third kappa shape index (κ3) is 3.61. The molecule has 0 heterocycles. The predicted octanol–water partition coefficient (Wildman–Crippen LogP) is 5.07. The Labute approximate surface area is 152 Å². The lowest BCUT2D eigenvalue weighted by molar-refractivity contribution is -0.0380. The van der Waals surface area contributed by atoms with Crippen molar-refractivity contribution in [2.24, 2.45) is 23.2 Å². The molecule has 0 aromatic carbocycles. The van der Waals surface area contributed by atoms with Crippen LogP contribution in [-0.4, -0.2) is 60.1 Å². The Bertz CT molecular complexity index is 543. The van der Waals surface area contributed by atoms with E-state index < -0.39 is 13.4 Å². The number of aliphatic hydroxyl groups is 1. The molecule has 0 radical (unpaired) electrons. The van der Waals surface area contributed by atoms with Crippen molar-refractivity contribution in [3.05, 3.63) is 0 Å². The third-order valence-electron chi connectivity index (χ3n) is 6.97. The Morgan fingerprint density at radius 2 is 1.83 bits per heavy atom. The smallest absolute Gasteiger partial charge is 0.329 e. The van der Waals surface area contributed by atoms with E-state index in [-0.39, 0.29) is 20.5 Å². The molecule has 5 unspecified atom stereocenters. The Balaban J connectivity index is 2.02. The van der Waals surface area contributed by atoms with E-state index in [1.165, 1.54) is 12.6 Å². The quantitative estimate of drug-likeness (QED) is 0.558. The number of rotatable bonds is 9. The SMILES string of the molecule is C=[P+](CC)CC([P+](=C)CC)[P+](=C)OC[C@@]12CC1[C@@H](C)[C@](C)(O)[C@@H]2C. The molecule has 0 saturated heterocycles.